The predicted molar refractivity (Wildman–Crippen MR) is 97.7 cm³/mol. The fourth-order valence-corrected chi connectivity index (χ4v) is 4.78. The second-order valence-corrected chi connectivity index (χ2v) is 8.28. The molecule has 26 heavy (non-hydrogen) atoms. The van der Waals surface area contributed by atoms with E-state index in [0.29, 0.717) is 18.5 Å². The van der Waals surface area contributed by atoms with Gasteiger partial charge in [0.15, 0.2) is 0 Å². The van der Waals surface area contributed by atoms with Gasteiger partial charge < -0.3 is 5.32 Å². The second-order valence-electron chi connectivity index (χ2n) is 6.39. The van der Waals surface area contributed by atoms with Crippen molar-refractivity contribution < 1.29 is 17.6 Å². The van der Waals surface area contributed by atoms with Gasteiger partial charge in [0, 0.05) is 12.2 Å². The third-order valence-corrected chi connectivity index (χ3v) is 6.50. The van der Waals surface area contributed by atoms with Gasteiger partial charge in [-0.25, -0.2) is 12.8 Å². The number of carbonyl (C=O) groups is 1. The Kier molecular flexibility index (Phi) is 5.38. The third-order valence-electron chi connectivity index (χ3n) is 4.58. The molecular formula is C19H21FN2O3S. The van der Waals surface area contributed by atoms with Crippen LogP contribution in [0.3, 0.4) is 0 Å². The maximum absolute atomic E-state index is 13.1. The Morgan fingerprint density at radius 3 is 2.50 bits per heavy atom. The number of amides is 1. The van der Waals surface area contributed by atoms with E-state index in [9.17, 15) is 17.6 Å². The SMILES string of the molecule is Cc1ccccc1NC(=O)[C@@H]1CCCCN1S(=O)(=O)c1ccc(F)cc1. The average molecular weight is 376 g/mol. The monoisotopic (exact) mass is 376 g/mol. The van der Waals surface area contributed by atoms with Crippen molar-refractivity contribution in [3.63, 3.8) is 0 Å². The van der Waals surface area contributed by atoms with Crippen LogP contribution in [-0.2, 0) is 14.8 Å². The van der Waals surface area contributed by atoms with Crippen molar-refractivity contribution in [2.75, 3.05) is 11.9 Å². The van der Waals surface area contributed by atoms with Crippen molar-refractivity contribution in [1.82, 2.24) is 4.31 Å². The molecule has 0 aromatic heterocycles. The minimum absolute atomic E-state index is 0.00510. The highest BCUT2D eigenvalue weighted by Crippen LogP contribution is 2.27. The lowest BCUT2D eigenvalue weighted by atomic mass is 10.0. The number of carbonyl (C=O) groups excluding carboxylic acids is 1. The van der Waals surface area contributed by atoms with Crippen molar-refractivity contribution >= 4 is 21.6 Å². The molecule has 2 aromatic rings. The fourth-order valence-electron chi connectivity index (χ4n) is 3.13. The second kappa shape index (κ2) is 7.55. The molecule has 1 aliphatic heterocycles. The zero-order valence-electron chi connectivity index (χ0n) is 14.5. The highest BCUT2D eigenvalue weighted by atomic mass is 32.2. The zero-order chi connectivity index (χ0) is 18.7. The summed E-state index contributed by atoms with van der Waals surface area (Å²) in [5.74, 6) is -0.846. The Bertz CT molecular complexity index is 897. The summed E-state index contributed by atoms with van der Waals surface area (Å²) in [5, 5.41) is 2.84. The number of anilines is 1. The Morgan fingerprint density at radius 1 is 1.12 bits per heavy atom. The molecule has 0 unspecified atom stereocenters. The largest absolute Gasteiger partial charge is 0.324 e. The van der Waals surface area contributed by atoms with Crippen molar-refractivity contribution in [2.24, 2.45) is 0 Å². The molecule has 1 atom stereocenters. The van der Waals surface area contributed by atoms with Gasteiger partial charge in [0.05, 0.1) is 4.90 Å². The highest BCUT2D eigenvalue weighted by molar-refractivity contribution is 7.89. The number of piperidine rings is 1. The number of rotatable bonds is 4. The molecule has 1 heterocycles. The van der Waals surface area contributed by atoms with Crippen LogP contribution in [0.25, 0.3) is 0 Å². The summed E-state index contributed by atoms with van der Waals surface area (Å²) in [6.07, 6.45) is 1.92. The van der Waals surface area contributed by atoms with Crippen LogP contribution in [0.15, 0.2) is 53.4 Å². The molecule has 0 aliphatic carbocycles. The summed E-state index contributed by atoms with van der Waals surface area (Å²) in [6.45, 7) is 2.15. The molecule has 1 N–H and O–H groups in total. The van der Waals surface area contributed by atoms with Crippen LogP contribution in [0.5, 0.6) is 0 Å². The normalized spacial score (nSPS) is 18.5. The molecule has 0 saturated carbocycles. The van der Waals surface area contributed by atoms with Gasteiger partial charge >= 0.3 is 0 Å². The number of hydrogen-bond acceptors (Lipinski definition) is 3. The Hall–Kier alpha value is -2.25. The molecule has 3 rings (SSSR count). The maximum Gasteiger partial charge on any atom is 0.243 e. The van der Waals surface area contributed by atoms with E-state index < -0.39 is 21.9 Å². The minimum atomic E-state index is -3.87. The van der Waals surface area contributed by atoms with Crippen molar-refractivity contribution in [3.8, 4) is 0 Å². The van der Waals surface area contributed by atoms with Crippen molar-refractivity contribution in [2.45, 2.75) is 37.1 Å². The first kappa shape index (κ1) is 18.5. The van der Waals surface area contributed by atoms with Gasteiger partial charge in [0.2, 0.25) is 15.9 Å². The predicted octanol–water partition coefficient (Wildman–Crippen LogP) is 3.32. The van der Waals surface area contributed by atoms with Gasteiger partial charge in [-0.1, -0.05) is 24.6 Å². The van der Waals surface area contributed by atoms with Crippen LogP contribution in [0, 0.1) is 12.7 Å². The summed E-state index contributed by atoms with van der Waals surface area (Å²) >= 11 is 0. The minimum Gasteiger partial charge on any atom is -0.324 e. The molecular weight excluding hydrogens is 355 g/mol. The number of para-hydroxylation sites is 1. The first-order valence-corrected chi connectivity index (χ1v) is 9.97. The average Bonchev–Trinajstić information content (AvgIpc) is 2.64. The molecule has 0 spiro atoms. The lowest BCUT2D eigenvalue weighted by Gasteiger charge is -2.33. The van der Waals surface area contributed by atoms with Gasteiger partial charge in [-0.15, -0.1) is 0 Å². The number of hydrogen-bond donors (Lipinski definition) is 1. The standard InChI is InChI=1S/C19H21FN2O3S/c1-14-6-2-3-7-17(14)21-19(23)18-8-4-5-13-22(18)26(24,25)16-11-9-15(20)10-12-16/h2-3,6-7,9-12,18H,4-5,8,13H2,1H3,(H,21,23)/t18-/m0/s1. The molecule has 1 amide bonds. The van der Waals surface area contributed by atoms with Gasteiger partial charge in [-0.2, -0.15) is 4.31 Å². The van der Waals surface area contributed by atoms with Gasteiger partial charge in [0.25, 0.3) is 0 Å². The smallest absolute Gasteiger partial charge is 0.243 e. The van der Waals surface area contributed by atoms with Crippen LogP contribution in [0.2, 0.25) is 0 Å². The quantitative estimate of drug-likeness (QED) is 0.890. The van der Waals surface area contributed by atoms with Crippen molar-refractivity contribution in [1.29, 1.82) is 0 Å². The van der Waals surface area contributed by atoms with E-state index in [2.05, 4.69) is 5.32 Å². The number of nitrogens with one attached hydrogen (secondary N) is 1. The summed E-state index contributed by atoms with van der Waals surface area (Å²) < 4.78 is 40.3. The number of nitrogens with zero attached hydrogens (tertiary/aromatic N) is 1. The third kappa shape index (κ3) is 3.78. The summed E-state index contributed by atoms with van der Waals surface area (Å²) in [7, 11) is -3.87. The van der Waals surface area contributed by atoms with Gasteiger partial charge in [0.1, 0.15) is 11.9 Å². The Balaban J connectivity index is 1.86. The van der Waals surface area contributed by atoms with Crippen LogP contribution < -0.4 is 5.32 Å². The first-order valence-electron chi connectivity index (χ1n) is 8.53. The van der Waals surface area contributed by atoms with Crippen LogP contribution in [0.1, 0.15) is 24.8 Å². The first-order chi connectivity index (χ1) is 12.4. The summed E-state index contributed by atoms with van der Waals surface area (Å²) in [5.41, 5.74) is 1.58. The van der Waals surface area contributed by atoms with E-state index >= 15 is 0 Å². The Morgan fingerprint density at radius 2 is 1.81 bits per heavy atom. The number of sulfonamides is 1. The molecule has 5 nitrogen and oxygen atoms in total. The van der Waals surface area contributed by atoms with E-state index in [1.165, 1.54) is 16.4 Å². The molecule has 138 valence electrons. The topological polar surface area (TPSA) is 66.5 Å². The van der Waals surface area contributed by atoms with E-state index in [0.717, 1.165) is 24.1 Å². The number of aryl methyl sites for hydroxylation is 1. The Labute approximate surface area is 152 Å². The highest BCUT2D eigenvalue weighted by Gasteiger charge is 2.37. The fraction of sp³-hybridized carbons (Fsp3) is 0.316. The lowest BCUT2D eigenvalue weighted by molar-refractivity contribution is -0.120. The molecule has 7 heteroatoms. The molecule has 0 bridgehead atoms. The molecule has 2 aromatic carbocycles. The van der Waals surface area contributed by atoms with Crippen LogP contribution in [-0.4, -0.2) is 31.2 Å². The molecule has 1 fully saturated rings. The van der Waals surface area contributed by atoms with E-state index in [1.807, 2.05) is 25.1 Å². The van der Waals surface area contributed by atoms with Gasteiger partial charge in [-0.05, 0) is 55.7 Å². The molecule has 0 radical (unpaired) electrons. The van der Waals surface area contributed by atoms with Gasteiger partial charge in [-0.3, -0.25) is 4.79 Å². The van der Waals surface area contributed by atoms with Crippen LogP contribution in [0.4, 0.5) is 10.1 Å². The van der Waals surface area contributed by atoms with Crippen molar-refractivity contribution in [3.05, 3.63) is 59.9 Å². The van der Waals surface area contributed by atoms with Crippen LogP contribution >= 0.6 is 0 Å². The molecule has 1 saturated heterocycles. The summed E-state index contributed by atoms with van der Waals surface area (Å²) in [4.78, 5) is 12.8. The molecule has 1 aliphatic rings. The maximum atomic E-state index is 13.1. The zero-order valence-corrected chi connectivity index (χ0v) is 15.3. The van der Waals surface area contributed by atoms with E-state index in [1.54, 1.807) is 6.07 Å². The number of halogens is 1. The lowest BCUT2D eigenvalue weighted by Crippen LogP contribution is -2.49. The number of benzene rings is 2. The van der Waals surface area contributed by atoms with E-state index in [-0.39, 0.29) is 17.3 Å². The van der Waals surface area contributed by atoms with E-state index in [4.69, 9.17) is 0 Å². The summed E-state index contributed by atoms with van der Waals surface area (Å²) in [6, 6.07) is 11.3.